The molecule has 8 heteroatoms. The molecule has 0 bridgehead atoms. The second-order valence-corrected chi connectivity index (χ2v) is 6.24. The lowest BCUT2D eigenvalue weighted by Gasteiger charge is -2.11. The number of nitrogens with one attached hydrogen (secondary N) is 2. The molecule has 1 aromatic carbocycles. The van der Waals surface area contributed by atoms with Gasteiger partial charge in [0.25, 0.3) is 0 Å². The fourth-order valence-corrected chi connectivity index (χ4v) is 2.66. The van der Waals surface area contributed by atoms with Crippen molar-refractivity contribution in [2.24, 2.45) is 5.73 Å². The molecule has 0 spiro atoms. The van der Waals surface area contributed by atoms with Crippen molar-refractivity contribution in [1.82, 2.24) is 4.72 Å². The van der Waals surface area contributed by atoms with Crippen LogP contribution in [0.5, 0.6) is 0 Å². The van der Waals surface area contributed by atoms with Gasteiger partial charge in [-0.2, -0.15) is 0 Å². The molecule has 1 unspecified atom stereocenters. The molecule has 0 saturated carbocycles. The van der Waals surface area contributed by atoms with Gasteiger partial charge in [0, 0.05) is 19.3 Å². The Labute approximate surface area is 124 Å². The van der Waals surface area contributed by atoms with Gasteiger partial charge >= 0.3 is 0 Å². The van der Waals surface area contributed by atoms with Gasteiger partial charge in [-0.25, -0.2) is 13.1 Å². The van der Waals surface area contributed by atoms with Gasteiger partial charge in [-0.1, -0.05) is 6.92 Å². The molecule has 0 aliphatic rings. The van der Waals surface area contributed by atoms with Crippen LogP contribution in [-0.4, -0.2) is 40.6 Å². The maximum Gasteiger partial charge on any atom is 0.243 e. The molecule has 0 aromatic heterocycles. The van der Waals surface area contributed by atoms with E-state index in [0.29, 0.717) is 18.7 Å². The molecule has 1 aromatic rings. The maximum atomic E-state index is 11.9. The van der Waals surface area contributed by atoms with E-state index in [1.54, 1.807) is 0 Å². The summed E-state index contributed by atoms with van der Waals surface area (Å²) in [5.41, 5.74) is 6.06. The third-order valence-corrected chi connectivity index (χ3v) is 4.13. The van der Waals surface area contributed by atoms with E-state index in [2.05, 4.69) is 10.0 Å². The summed E-state index contributed by atoms with van der Waals surface area (Å²) in [4.78, 5) is 11.8. The van der Waals surface area contributed by atoms with Crippen molar-refractivity contribution in [3.8, 4) is 0 Å². The normalized spacial score (nSPS) is 12.9. The van der Waals surface area contributed by atoms with Crippen molar-refractivity contribution in [3.63, 3.8) is 0 Å². The monoisotopic (exact) mass is 315 g/mol. The highest BCUT2D eigenvalue weighted by Crippen LogP contribution is 2.14. The number of hydrogen-bond donors (Lipinski definition) is 3. The number of nitrogens with two attached hydrogens (primary N) is 1. The van der Waals surface area contributed by atoms with Gasteiger partial charge in [-0.3, -0.25) is 4.79 Å². The number of benzene rings is 1. The summed E-state index contributed by atoms with van der Waals surface area (Å²) in [7, 11) is -2.05. The topological polar surface area (TPSA) is 111 Å². The number of rotatable bonds is 8. The number of hydrogen-bond acceptors (Lipinski definition) is 5. The van der Waals surface area contributed by atoms with E-state index in [1.165, 1.54) is 31.4 Å². The molecule has 0 saturated heterocycles. The zero-order valence-corrected chi connectivity index (χ0v) is 12.9. The average molecular weight is 315 g/mol. The summed E-state index contributed by atoms with van der Waals surface area (Å²) in [5.74, 6) is -0.392. The fourth-order valence-electron chi connectivity index (χ4n) is 1.53. The summed E-state index contributed by atoms with van der Waals surface area (Å²) in [6.45, 7) is 2.37. The Morgan fingerprint density at radius 1 is 1.33 bits per heavy atom. The lowest BCUT2D eigenvalue weighted by atomic mass is 10.2. The van der Waals surface area contributed by atoms with Crippen LogP contribution < -0.4 is 15.8 Å². The van der Waals surface area contributed by atoms with Crippen LogP contribution in [-0.2, 0) is 19.6 Å². The molecule has 4 N–H and O–H groups in total. The van der Waals surface area contributed by atoms with Gasteiger partial charge in [0.1, 0.15) is 6.04 Å². The van der Waals surface area contributed by atoms with Crippen LogP contribution in [0.4, 0.5) is 5.69 Å². The van der Waals surface area contributed by atoms with E-state index in [4.69, 9.17) is 10.5 Å². The third kappa shape index (κ3) is 5.43. The molecular formula is C13H21N3O4S. The maximum absolute atomic E-state index is 11.9. The number of carbonyl (C=O) groups excluding carboxylic acids is 1. The Balaban J connectivity index is 2.72. The van der Waals surface area contributed by atoms with Crippen molar-refractivity contribution in [3.05, 3.63) is 24.3 Å². The largest absolute Gasteiger partial charge is 0.383 e. The van der Waals surface area contributed by atoms with Crippen LogP contribution in [0.2, 0.25) is 0 Å². The van der Waals surface area contributed by atoms with Gasteiger partial charge in [0.15, 0.2) is 0 Å². The average Bonchev–Trinajstić information content (AvgIpc) is 2.46. The van der Waals surface area contributed by atoms with E-state index < -0.39 is 22.0 Å². The van der Waals surface area contributed by atoms with Crippen molar-refractivity contribution >= 4 is 21.6 Å². The Morgan fingerprint density at radius 3 is 2.48 bits per heavy atom. The fraction of sp³-hybridized carbons (Fsp3) is 0.462. The van der Waals surface area contributed by atoms with E-state index in [0.717, 1.165) is 0 Å². The molecule has 0 aliphatic heterocycles. The minimum absolute atomic E-state index is 0.110. The van der Waals surface area contributed by atoms with Crippen LogP contribution >= 0.6 is 0 Å². The first-order valence-corrected chi connectivity index (χ1v) is 8.04. The van der Waals surface area contributed by atoms with Crippen molar-refractivity contribution in [1.29, 1.82) is 0 Å². The van der Waals surface area contributed by atoms with Crippen LogP contribution in [0.1, 0.15) is 13.3 Å². The highest BCUT2D eigenvalue weighted by molar-refractivity contribution is 7.89. The lowest BCUT2D eigenvalue weighted by Crippen LogP contribution is -2.39. The van der Waals surface area contributed by atoms with Crippen molar-refractivity contribution < 1.29 is 17.9 Å². The van der Waals surface area contributed by atoms with E-state index in [1.807, 2.05) is 6.92 Å². The van der Waals surface area contributed by atoms with Crippen LogP contribution in [0.25, 0.3) is 0 Å². The number of methoxy groups -OCH3 is 1. The molecule has 21 heavy (non-hydrogen) atoms. The summed E-state index contributed by atoms with van der Waals surface area (Å²) < 4.78 is 31.0. The highest BCUT2D eigenvalue weighted by Gasteiger charge is 2.15. The molecular weight excluding hydrogens is 294 g/mol. The molecule has 118 valence electrons. The SMILES string of the molecule is CCCNS(=O)(=O)c1ccc(NC(=O)C(N)COC)cc1. The van der Waals surface area contributed by atoms with E-state index >= 15 is 0 Å². The standard InChI is InChI=1S/C13H21N3O4S/c1-3-8-15-21(18,19)11-6-4-10(5-7-11)16-13(17)12(14)9-20-2/h4-7,12,15H,3,8-9,14H2,1-2H3,(H,16,17). The van der Waals surface area contributed by atoms with Gasteiger partial charge in [0.2, 0.25) is 15.9 Å². The quantitative estimate of drug-likeness (QED) is 0.638. The zero-order valence-electron chi connectivity index (χ0n) is 12.1. The van der Waals surface area contributed by atoms with Gasteiger partial charge in [-0.15, -0.1) is 0 Å². The second kappa shape index (κ2) is 8.08. The van der Waals surface area contributed by atoms with E-state index in [9.17, 15) is 13.2 Å². The first-order valence-electron chi connectivity index (χ1n) is 6.55. The van der Waals surface area contributed by atoms with Gasteiger partial charge in [0.05, 0.1) is 11.5 Å². The first kappa shape index (κ1) is 17.6. The minimum atomic E-state index is -3.50. The first-order chi connectivity index (χ1) is 9.90. The molecule has 1 rings (SSSR count). The molecule has 0 radical (unpaired) electrons. The zero-order chi connectivity index (χ0) is 15.9. The lowest BCUT2D eigenvalue weighted by molar-refractivity contribution is -0.118. The smallest absolute Gasteiger partial charge is 0.243 e. The summed E-state index contributed by atoms with van der Waals surface area (Å²) in [6, 6.07) is 5.10. The highest BCUT2D eigenvalue weighted by atomic mass is 32.2. The second-order valence-electron chi connectivity index (χ2n) is 4.47. The number of sulfonamides is 1. The third-order valence-electron chi connectivity index (χ3n) is 2.66. The molecule has 7 nitrogen and oxygen atoms in total. The minimum Gasteiger partial charge on any atom is -0.383 e. The predicted molar refractivity (Wildman–Crippen MR) is 80.4 cm³/mol. The van der Waals surface area contributed by atoms with Crippen LogP contribution in [0.3, 0.4) is 0 Å². The molecule has 0 heterocycles. The number of amides is 1. The number of anilines is 1. The Bertz CT molecular complexity index is 557. The van der Waals surface area contributed by atoms with Gasteiger partial charge < -0.3 is 15.8 Å². The van der Waals surface area contributed by atoms with Crippen LogP contribution in [0.15, 0.2) is 29.2 Å². The number of carbonyl (C=O) groups is 1. The molecule has 0 fully saturated rings. The van der Waals surface area contributed by atoms with E-state index in [-0.39, 0.29) is 11.5 Å². The Morgan fingerprint density at radius 2 is 1.95 bits per heavy atom. The number of ether oxygens (including phenoxy) is 1. The molecule has 1 atom stereocenters. The molecule has 0 aliphatic carbocycles. The molecule has 1 amide bonds. The predicted octanol–water partition coefficient (Wildman–Crippen LogP) is 0.287. The summed E-state index contributed by atoms with van der Waals surface area (Å²) in [6.07, 6.45) is 0.713. The Kier molecular flexibility index (Phi) is 6.76. The van der Waals surface area contributed by atoms with Crippen LogP contribution in [0, 0.1) is 0 Å². The summed E-state index contributed by atoms with van der Waals surface area (Å²) in [5, 5.41) is 2.59. The van der Waals surface area contributed by atoms with Gasteiger partial charge in [-0.05, 0) is 30.7 Å². The Hall–Kier alpha value is -1.48. The summed E-state index contributed by atoms with van der Waals surface area (Å²) >= 11 is 0. The van der Waals surface area contributed by atoms with Crippen molar-refractivity contribution in [2.75, 3.05) is 25.6 Å². The van der Waals surface area contributed by atoms with Crippen molar-refractivity contribution in [2.45, 2.75) is 24.3 Å².